The van der Waals surface area contributed by atoms with E-state index >= 15 is 0 Å². The Hall–Kier alpha value is -0.590. The van der Waals surface area contributed by atoms with Crippen molar-refractivity contribution < 1.29 is 0 Å². The standard InChI is InChI=1S/C13H25N3/c1-13(2,11-14)6-4-7-15-9-12-5-8-16(3)10-12/h12,15H,4-10H2,1-3H3. The van der Waals surface area contributed by atoms with E-state index in [2.05, 4.69) is 23.3 Å². The van der Waals surface area contributed by atoms with Gasteiger partial charge in [-0.25, -0.2) is 0 Å². The molecule has 1 N–H and O–H groups in total. The van der Waals surface area contributed by atoms with Gasteiger partial charge in [-0.2, -0.15) is 5.26 Å². The van der Waals surface area contributed by atoms with Gasteiger partial charge in [-0.3, -0.25) is 0 Å². The lowest BCUT2D eigenvalue weighted by molar-refractivity contribution is 0.382. The van der Waals surface area contributed by atoms with Crippen LogP contribution < -0.4 is 5.32 Å². The normalized spacial score (nSPS) is 22.2. The molecule has 0 saturated carbocycles. The molecule has 1 atom stereocenters. The number of likely N-dealkylation sites (tertiary alicyclic amines) is 1. The number of hydrogen-bond donors (Lipinski definition) is 1. The fourth-order valence-electron chi connectivity index (χ4n) is 2.21. The zero-order valence-corrected chi connectivity index (χ0v) is 10.9. The third-order valence-electron chi connectivity index (χ3n) is 3.38. The molecule has 1 heterocycles. The van der Waals surface area contributed by atoms with Crippen molar-refractivity contribution in [1.29, 1.82) is 5.26 Å². The van der Waals surface area contributed by atoms with E-state index in [1.54, 1.807) is 0 Å². The first-order valence-corrected chi connectivity index (χ1v) is 6.34. The zero-order chi connectivity index (χ0) is 12.0. The van der Waals surface area contributed by atoms with Crippen LogP contribution in [0.2, 0.25) is 0 Å². The van der Waals surface area contributed by atoms with E-state index in [-0.39, 0.29) is 5.41 Å². The fourth-order valence-corrected chi connectivity index (χ4v) is 2.21. The monoisotopic (exact) mass is 223 g/mol. The average Bonchev–Trinajstić information content (AvgIpc) is 2.64. The number of nitrogens with zero attached hydrogens (tertiary/aromatic N) is 2. The molecule has 0 aromatic carbocycles. The average molecular weight is 223 g/mol. The van der Waals surface area contributed by atoms with Crippen molar-refractivity contribution in [3.8, 4) is 6.07 Å². The molecule has 1 rings (SSSR count). The summed E-state index contributed by atoms with van der Waals surface area (Å²) in [6.45, 7) is 8.69. The van der Waals surface area contributed by atoms with E-state index in [0.717, 1.165) is 31.8 Å². The van der Waals surface area contributed by atoms with Crippen molar-refractivity contribution in [2.45, 2.75) is 33.1 Å². The van der Waals surface area contributed by atoms with Crippen molar-refractivity contribution in [3.63, 3.8) is 0 Å². The van der Waals surface area contributed by atoms with Gasteiger partial charge in [0.2, 0.25) is 0 Å². The molecule has 0 aromatic rings. The van der Waals surface area contributed by atoms with Gasteiger partial charge < -0.3 is 10.2 Å². The number of nitriles is 1. The third kappa shape index (κ3) is 4.96. The van der Waals surface area contributed by atoms with Crippen molar-refractivity contribution in [2.75, 3.05) is 33.2 Å². The van der Waals surface area contributed by atoms with Crippen LogP contribution in [0.4, 0.5) is 0 Å². The van der Waals surface area contributed by atoms with Gasteiger partial charge in [0.25, 0.3) is 0 Å². The maximum Gasteiger partial charge on any atom is 0.0683 e. The smallest absolute Gasteiger partial charge is 0.0683 e. The van der Waals surface area contributed by atoms with Crippen molar-refractivity contribution in [2.24, 2.45) is 11.3 Å². The Morgan fingerprint density at radius 3 is 2.81 bits per heavy atom. The van der Waals surface area contributed by atoms with Gasteiger partial charge in [0, 0.05) is 6.54 Å². The van der Waals surface area contributed by atoms with Crippen LogP contribution in [0.1, 0.15) is 33.1 Å². The molecule has 0 aromatic heterocycles. The first-order valence-electron chi connectivity index (χ1n) is 6.34. The molecule has 1 unspecified atom stereocenters. The minimum absolute atomic E-state index is 0.157. The summed E-state index contributed by atoms with van der Waals surface area (Å²) in [5.41, 5.74) is -0.157. The molecule has 0 bridgehead atoms. The first-order chi connectivity index (χ1) is 7.53. The summed E-state index contributed by atoms with van der Waals surface area (Å²) in [6, 6.07) is 2.34. The molecule has 1 aliphatic heterocycles. The van der Waals surface area contributed by atoms with Crippen LogP contribution in [-0.2, 0) is 0 Å². The van der Waals surface area contributed by atoms with Gasteiger partial charge in [-0.1, -0.05) is 0 Å². The van der Waals surface area contributed by atoms with E-state index in [0.29, 0.717) is 0 Å². The second-order valence-corrected chi connectivity index (χ2v) is 5.72. The Balaban J connectivity index is 1.99. The third-order valence-corrected chi connectivity index (χ3v) is 3.38. The Morgan fingerprint density at radius 2 is 2.25 bits per heavy atom. The van der Waals surface area contributed by atoms with Crippen LogP contribution in [0.15, 0.2) is 0 Å². The van der Waals surface area contributed by atoms with E-state index in [1.165, 1.54) is 19.5 Å². The van der Waals surface area contributed by atoms with Crippen LogP contribution in [0.3, 0.4) is 0 Å². The van der Waals surface area contributed by atoms with Gasteiger partial charge in [0.15, 0.2) is 0 Å². The number of nitrogens with one attached hydrogen (secondary N) is 1. The lowest BCUT2D eigenvalue weighted by atomic mass is 9.90. The highest BCUT2D eigenvalue weighted by Crippen LogP contribution is 2.20. The summed E-state index contributed by atoms with van der Waals surface area (Å²) in [5.74, 6) is 0.828. The van der Waals surface area contributed by atoms with E-state index in [4.69, 9.17) is 5.26 Å². The van der Waals surface area contributed by atoms with Gasteiger partial charge in [0.1, 0.15) is 0 Å². The fraction of sp³-hybridized carbons (Fsp3) is 0.923. The predicted octanol–water partition coefficient (Wildman–Crippen LogP) is 1.86. The number of hydrogen-bond acceptors (Lipinski definition) is 3. The van der Waals surface area contributed by atoms with Gasteiger partial charge in [-0.15, -0.1) is 0 Å². The lowest BCUT2D eigenvalue weighted by Crippen LogP contribution is -2.26. The molecule has 0 amide bonds. The van der Waals surface area contributed by atoms with Gasteiger partial charge in [0.05, 0.1) is 11.5 Å². The minimum Gasteiger partial charge on any atom is -0.316 e. The zero-order valence-electron chi connectivity index (χ0n) is 10.9. The van der Waals surface area contributed by atoms with Crippen molar-refractivity contribution >= 4 is 0 Å². The Labute approximate surface area is 99.8 Å². The highest BCUT2D eigenvalue weighted by Gasteiger charge is 2.19. The molecule has 3 nitrogen and oxygen atoms in total. The van der Waals surface area contributed by atoms with Crippen molar-refractivity contribution in [1.82, 2.24) is 10.2 Å². The summed E-state index contributed by atoms with van der Waals surface area (Å²) in [7, 11) is 2.19. The summed E-state index contributed by atoms with van der Waals surface area (Å²) in [5, 5.41) is 12.4. The molecule has 0 aliphatic carbocycles. The van der Waals surface area contributed by atoms with Crippen LogP contribution in [0.25, 0.3) is 0 Å². The molecule has 3 heteroatoms. The van der Waals surface area contributed by atoms with Crippen LogP contribution in [0, 0.1) is 22.7 Å². The van der Waals surface area contributed by atoms with Crippen LogP contribution >= 0.6 is 0 Å². The maximum atomic E-state index is 8.88. The Kier molecular flexibility index (Phi) is 5.24. The van der Waals surface area contributed by atoms with Crippen LogP contribution in [0.5, 0.6) is 0 Å². The SMILES string of the molecule is CN1CCC(CNCCCC(C)(C)C#N)C1. The van der Waals surface area contributed by atoms with E-state index in [9.17, 15) is 0 Å². The highest BCUT2D eigenvalue weighted by molar-refractivity contribution is 4.91. The first kappa shape index (κ1) is 13.5. The topological polar surface area (TPSA) is 39.1 Å². The van der Waals surface area contributed by atoms with E-state index < -0.39 is 0 Å². The molecule has 92 valence electrons. The quantitative estimate of drug-likeness (QED) is 0.699. The molecule has 1 saturated heterocycles. The molecule has 16 heavy (non-hydrogen) atoms. The molecule has 1 fully saturated rings. The molecule has 1 aliphatic rings. The second-order valence-electron chi connectivity index (χ2n) is 5.72. The van der Waals surface area contributed by atoms with Gasteiger partial charge >= 0.3 is 0 Å². The van der Waals surface area contributed by atoms with Crippen LogP contribution in [-0.4, -0.2) is 38.1 Å². The molecule has 0 spiro atoms. The number of rotatable bonds is 6. The maximum absolute atomic E-state index is 8.88. The molecule has 0 radical (unpaired) electrons. The second kappa shape index (κ2) is 6.22. The molecular weight excluding hydrogens is 198 g/mol. The van der Waals surface area contributed by atoms with Crippen molar-refractivity contribution in [3.05, 3.63) is 0 Å². The summed E-state index contributed by atoms with van der Waals surface area (Å²) < 4.78 is 0. The summed E-state index contributed by atoms with van der Waals surface area (Å²) in [6.07, 6.45) is 3.41. The van der Waals surface area contributed by atoms with E-state index in [1.807, 2.05) is 13.8 Å². The molecular formula is C13H25N3. The summed E-state index contributed by atoms with van der Waals surface area (Å²) in [4.78, 5) is 2.39. The summed E-state index contributed by atoms with van der Waals surface area (Å²) >= 11 is 0. The predicted molar refractivity (Wildman–Crippen MR) is 67.1 cm³/mol. The Bertz CT molecular complexity index is 242. The Morgan fingerprint density at radius 1 is 1.50 bits per heavy atom. The lowest BCUT2D eigenvalue weighted by Gasteiger charge is -2.15. The highest BCUT2D eigenvalue weighted by atomic mass is 15.1. The van der Waals surface area contributed by atoms with Gasteiger partial charge in [-0.05, 0) is 65.7 Å². The largest absolute Gasteiger partial charge is 0.316 e. The minimum atomic E-state index is -0.157.